The first-order chi connectivity index (χ1) is 12.9. The monoisotopic (exact) mass is 399 g/mol. The Morgan fingerprint density at radius 3 is 2.26 bits per heavy atom. The van der Waals surface area contributed by atoms with Gasteiger partial charge in [0.15, 0.2) is 0 Å². The highest BCUT2D eigenvalue weighted by molar-refractivity contribution is 6.35. The fraction of sp³-hybridized carbons (Fsp3) is 0.0952. The van der Waals surface area contributed by atoms with E-state index in [0.717, 1.165) is 16.6 Å². The minimum Gasteiger partial charge on any atom is -0.507 e. The molecule has 0 fully saturated rings. The van der Waals surface area contributed by atoms with Crippen LogP contribution >= 0.6 is 23.2 Å². The third-order valence-electron chi connectivity index (χ3n) is 4.68. The normalized spacial score (nSPS) is 11.3. The minimum atomic E-state index is -0.473. The third-order valence-corrected chi connectivity index (χ3v) is 5.12. The highest BCUT2D eigenvalue weighted by Crippen LogP contribution is 2.39. The SMILES string of the molecule is COC(=O)c1c(C)n(-c2cc(Cl)cc(Cl)c2)c2c1cc(O)c1ccccc12. The van der Waals surface area contributed by atoms with Crippen molar-refractivity contribution in [1.82, 2.24) is 4.57 Å². The molecule has 4 rings (SSSR count). The summed E-state index contributed by atoms with van der Waals surface area (Å²) in [5.74, 6) is -0.372. The molecule has 136 valence electrons. The van der Waals surface area contributed by atoms with Crippen molar-refractivity contribution >= 4 is 50.8 Å². The number of phenolic OH excluding ortho intramolecular Hbond substituents is 1. The summed E-state index contributed by atoms with van der Waals surface area (Å²) in [6.45, 7) is 1.83. The van der Waals surface area contributed by atoms with Gasteiger partial charge in [0.2, 0.25) is 0 Å². The number of aromatic hydroxyl groups is 1. The molecule has 4 nitrogen and oxygen atoms in total. The zero-order valence-corrected chi connectivity index (χ0v) is 16.1. The predicted molar refractivity (Wildman–Crippen MR) is 109 cm³/mol. The van der Waals surface area contributed by atoms with Gasteiger partial charge in [0.05, 0.1) is 18.2 Å². The molecule has 3 aromatic carbocycles. The van der Waals surface area contributed by atoms with Gasteiger partial charge in [0.1, 0.15) is 5.75 Å². The van der Waals surface area contributed by atoms with Gasteiger partial charge in [0, 0.05) is 37.6 Å². The predicted octanol–water partition coefficient (Wildman–Crippen LogP) is 5.89. The van der Waals surface area contributed by atoms with Gasteiger partial charge in [-0.15, -0.1) is 0 Å². The van der Waals surface area contributed by atoms with Crippen LogP contribution in [0.3, 0.4) is 0 Å². The average molecular weight is 400 g/mol. The molecule has 4 aromatic rings. The summed E-state index contributed by atoms with van der Waals surface area (Å²) in [5.41, 5.74) is 2.57. The maximum atomic E-state index is 12.5. The van der Waals surface area contributed by atoms with E-state index in [0.29, 0.717) is 32.1 Å². The van der Waals surface area contributed by atoms with Crippen LogP contribution in [-0.4, -0.2) is 22.8 Å². The highest BCUT2D eigenvalue weighted by atomic mass is 35.5. The molecule has 27 heavy (non-hydrogen) atoms. The second-order valence-corrected chi connectivity index (χ2v) is 7.13. The van der Waals surface area contributed by atoms with Crippen molar-refractivity contribution < 1.29 is 14.6 Å². The Morgan fingerprint density at radius 2 is 1.63 bits per heavy atom. The summed E-state index contributed by atoms with van der Waals surface area (Å²) in [7, 11) is 1.34. The Kier molecular flexibility index (Phi) is 4.25. The number of esters is 1. The summed E-state index contributed by atoms with van der Waals surface area (Å²) in [5, 5.41) is 13.6. The van der Waals surface area contributed by atoms with Gasteiger partial charge >= 0.3 is 5.97 Å². The van der Waals surface area contributed by atoms with E-state index in [1.807, 2.05) is 35.8 Å². The molecule has 0 atom stereocenters. The number of ether oxygens (including phenoxy) is 1. The molecule has 0 spiro atoms. The Bertz CT molecular complexity index is 1210. The second-order valence-electron chi connectivity index (χ2n) is 6.25. The van der Waals surface area contributed by atoms with Crippen LogP contribution in [0.2, 0.25) is 10.0 Å². The number of nitrogens with zero attached hydrogens (tertiary/aromatic N) is 1. The zero-order chi connectivity index (χ0) is 19.3. The number of phenols is 1. The van der Waals surface area contributed by atoms with Crippen LogP contribution in [0.15, 0.2) is 48.5 Å². The highest BCUT2D eigenvalue weighted by Gasteiger charge is 2.24. The van der Waals surface area contributed by atoms with Gasteiger partial charge in [-0.05, 0) is 31.2 Å². The first-order valence-corrected chi connectivity index (χ1v) is 8.98. The Morgan fingerprint density at radius 1 is 1.00 bits per heavy atom. The standard InChI is InChI=1S/C21H15Cl2NO3/c1-11-19(21(26)27-2)17-10-18(25)15-5-3-4-6-16(15)20(17)24(11)14-8-12(22)7-13(23)9-14/h3-10,25H,1-2H3. The molecule has 0 aliphatic carbocycles. The number of carbonyl (C=O) groups is 1. The van der Waals surface area contributed by atoms with Crippen molar-refractivity contribution in [3.05, 3.63) is 69.8 Å². The number of aromatic nitrogens is 1. The number of fused-ring (bicyclic) bond motifs is 3. The van der Waals surface area contributed by atoms with E-state index in [4.69, 9.17) is 27.9 Å². The first-order valence-electron chi connectivity index (χ1n) is 8.23. The fourth-order valence-corrected chi connectivity index (χ4v) is 4.11. The van der Waals surface area contributed by atoms with Crippen LogP contribution in [-0.2, 0) is 4.74 Å². The van der Waals surface area contributed by atoms with Gasteiger partial charge in [-0.2, -0.15) is 0 Å². The molecular formula is C21H15Cl2NO3. The second kappa shape index (κ2) is 6.48. The largest absolute Gasteiger partial charge is 0.507 e. The van der Waals surface area contributed by atoms with Crippen molar-refractivity contribution in [3.63, 3.8) is 0 Å². The lowest BCUT2D eigenvalue weighted by Gasteiger charge is -2.12. The molecule has 1 heterocycles. The van der Waals surface area contributed by atoms with Gasteiger partial charge < -0.3 is 14.4 Å². The molecule has 0 bridgehead atoms. The van der Waals surface area contributed by atoms with Crippen LogP contribution in [0.5, 0.6) is 5.75 Å². The van der Waals surface area contributed by atoms with Crippen LogP contribution < -0.4 is 0 Å². The summed E-state index contributed by atoms with van der Waals surface area (Å²) in [6.07, 6.45) is 0. The Labute approximate surface area is 165 Å². The van der Waals surface area contributed by atoms with E-state index in [-0.39, 0.29) is 5.75 Å². The molecule has 0 saturated carbocycles. The van der Waals surface area contributed by atoms with Gasteiger partial charge in [-0.3, -0.25) is 0 Å². The molecule has 0 aliphatic rings. The van der Waals surface area contributed by atoms with Crippen molar-refractivity contribution in [2.24, 2.45) is 0 Å². The Hall–Kier alpha value is -2.69. The maximum absolute atomic E-state index is 12.5. The van der Waals surface area contributed by atoms with Crippen molar-refractivity contribution in [1.29, 1.82) is 0 Å². The van der Waals surface area contributed by atoms with E-state index < -0.39 is 5.97 Å². The number of hydrogen-bond acceptors (Lipinski definition) is 3. The van der Waals surface area contributed by atoms with Gasteiger partial charge in [-0.25, -0.2) is 4.79 Å². The lowest BCUT2D eigenvalue weighted by Crippen LogP contribution is -2.04. The molecule has 0 radical (unpaired) electrons. The van der Waals surface area contributed by atoms with E-state index in [1.54, 1.807) is 24.3 Å². The van der Waals surface area contributed by atoms with Crippen LogP contribution in [0.1, 0.15) is 16.1 Å². The van der Waals surface area contributed by atoms with Crippen molar-refractivity contribution in [2.75, 3.05) is 7.11 Å². The fourth-order valence-electron chi connectivity index (χ4n) is 3.60. The van der Waals surface area contributed by atoms with Gasteiger partial charge in [0.25, 0.3) is 0 Å². The van der Waals surface area contributed by atoms with Crippen LogP contribution in [0.25, 0.3) is 27.4 Å². The lowest BCUT2D eigenvalue weighted by atomic mass is 10.0. The third kappa shape index (κ3) is 2.73. The minimum absolute atomic E-state index is 0.101. The number of benzene rings is 3. The Balaban J connectivity index is 2.25. The van der Waals surface area contributed by atoms with Crippen LogP contribution in [0, 0.1) is 6.92 Å². The van der Waals surface area contributed by atoms with E-state index in [2.05, 4.69) is 0 Å². The quantitative estimate of drug-likeness (QED) is 0.427. The number of methoxy groups -OCH3 is 1. The molecule has 0 saturated heterocycles. The summed E-state index contributed by atoms with van der Waals surface area (Å²) in [4.78, 5) is 12.5. The summed E-state index contributed by atoms with van der Waals surface area (Å²) in [6, 6.07) is 14.3. The first kappa shape index (κ1) is 17.7. The van der Waals surface area contributed by atoms with Crippen molar-refractivity contribution in [2.45, 2.75) is 6.92 Å². The van der Waals surface area contributed by atoms with E-state index in [9.17, 15) is 9.90 Å². The number of halogens is 2. The summed E-state index contributed by atoms with van der Waals surface area (Å²) < 4.78 is 6.91. The van der Waals surface area contributed by atoms with Gasteiger partial charge in [-0.1, -0.05) is 47.5 Å². The van der Waals surface area contributed by atoms with Crippen LogP contribution in [0.4, 0.5) is 0 Å². The van der Waals surface area contributed by atoms with E-state index in [1.165, 1.54) is 7.11 Å². The molecule has 0 aliphatic heterocycles. The smallest absolute Gasteiger partial charge is 0.340 e. The zero-order valence-electron chi connectivity index (χ0n) is 14.6. The molecule has 0 amide bonds. The lowest BCUT2D eigenvalue weighted by molar-refractivity contribution is 0.0602. The molecule has 1 aromatic heterocycles. The van der Waals surface area contributed by atoms with E-state index >= 15 is 0 Å². The number of rotatable bonds is 2. The maximum Gasteiger partial charge on any atom is 0.340 e. The number of carbonyl (C=O) groups excluding carboxylic acids is 1. The topological polar surface area (TPSA) is 51.5 Å². The molecule has 6 heteroatoms. The number of hydrogen-bond donors (Lipinski definition) is 1. The molecule has 1 N–H and O–H groups in total. The van der Waals surface area contributed by atoms with Crippen molar-refractivity contribution in [3.8, 4) is 11.4 Å². The average Bonchev–Trinajstić information content (AvgIpc) is 2.92. The summed E-state index contributed by atoms with van der Waals surface area (Å²) >= 11 is 12.4. The molecular weight excluding hydrogens is 385 g/mol. The molecule has 0 unspecified atom stereocenters.